The van der Waals surface area contributed by atoms with Gasteiger partial charge in [-0.05, 0) is 57.9 Å². The summed E-state index contributed by atoms with van der Waals surface area (Å²) < 4.78 is 5.45. The van der Waals surface area contributed by atoms with E-state index in [2.05, 4.69) is 15.5 Å². The van der Waals surface area contributed by atoms with Crippen molar-refractivity contribution >= 4 is 17.8 Å². The van der Waals surface area contributed by atoms with Gasteiger partial charge in [-0.15, -0.1) is 0 Å². The number of aromatic amines is 1. The highest BCUT2D eigenvalue weighted by Crippen LogP contribution is 2.25. The van der Waals surface area contributed by atoms with Crippen LogP contribution in [0.4, 0.5) is 10.6 Å². The van der Waals surface area contributed by atoms with Crippen molar-refractivity contribution in [2.45, 2.75) is 53.2 Å². The number of rotatable bonds is 2. The standard InChI is InChI=1S/C20H26N4O3/c1-12-6-7-14(10-13(12)2)18(25)21-17-15-11-24(9-8-16(15)22-23-17)19(26)27-20(3,4)5/h6-7,10H,8-9,11H2,1-5H3,(H2,21,22,23,25). The monoisotopic (exact) mass is 370 g/mol. The molecule has 27 heavy (non-hydrogen) atoms. The molecule has 7 nitrogen and oxygen atoms in total. The first-order valence-electron chi connectivity index (χ1n) is 9.06. The third-order valence-corrected chi connectivity index (χ3v) is 4.59. The normalized spacial score (nSPS) is 13.9. The molecule has 0 aliphatic carbocycles. The maximum atomic E-state index is 12.6. The van der Waals surface area contributed by atoms with Crippen molar-refractivity contribution in [1.29, 1.82) is 0 Å². The van der Waals surface area contributed by atoms with Gasteiger partial charge in [-0.2, -0.15) is 5.10 Å². The number of aryl methyl sites for hydroxylation is 2. The van der Waals surface area contributed by atoms with Crippen molar-refractivity contribution in [1.82, 2.24) is 15.1 Å². The van der Waals surface area contributed by atoms with Crippen LogP contribution in [0.5, 0.6) is 0 Å². The second-order valence-corrected chi connectivity index (χ2v) is 7.93. The summed E-state index contributed by atoms with van der Waals surface area (Å²) in [6.45, 7) is 10.4. The van der Waals surface area contributed by atoms with Gasteiger partial charge >= 0.3 is 6.09 Å². The Morgan fingerprint density at radius 2 is 1.96 bits per heavy atom. The van der Waals surface area contributed by atoms with Gasteiger partial charge < -0.3 is 15.0 Å². The number of H-pyrrole nitrogens is 1. The second kappa shape index (κ2) is 7.06. The fourth-order valence-corrected chi connectivity index (χ4v) is 2.94. The molecule has 0 radical (unpaired) electrons. The Morgan fingerprint density at radius 1 is 1.22 bits per heavy atom. The lowest BCUT2D eigenvalue weighted by Crippen LogP contribution is -2.40. The number of fused-ring (bicyclic) bond motifs is 1. The highest BCUT2D eigenvalue weighted by atomic mass is 16.6. The molecule has 0 unspecified atom stereocenters. The minimum atomic E-state index is -0.548. The zero-order valence-electron chi connectivity index (χ0n) is 16.5. The third kappa shape index (κ3) is 4.30. The summed E-state index contributed by atoms with van der Waals surface area (Å²) >= 11 is 0. The van der Waals surface area contributed by atoms with Gasteiger partial charge in [-0.3, -0.25) is 9.89 Å². The van der Waals surface area contributed by atoms with Crippen molar-refractivity contribution < 1.29 is 14.3 Å². The minimum absolute atomic E-state index is 0.221. The van der Waals surface area contributed by atoms with E-state index < -0.39 is 5.60 Å². The molecule has 2 aromatic rings. The Bertz CT molecular complexity index is 880. The van der Waals surface area contributed by atoms with Gasteiger partial charge in [0.2, 0.25) is 0 Å². The predicted molar refractivity (Wildman–Crippen MR) is 103 cm³/mol. The molecule has 1 aromatic carbocycles. The Kier molecular flexibility index (Phi) is 4.95. The Balaban J connectivity index is 1.75. The molecule has 2 heterocycles. The maximum absolute atomic E-state index is 12.6. The number of carbonyl (C=O) groups excluding carboxylic acids is 2. The molecule has 3 rings (SSSR count). The molecule has 7 heteroatoms. The number of nitrogens with zero attached hydrogens (tertiary/aromatic N) is 2. The number of aromatic nitrogens is 2. The first kappa shape index (κ1) is 18.9. The lowest BCUT2D eigenvalue weighted by molar-refractivity contribution is 0.0224. The Labute approximate surface area is 159 Å². The molecule has 144 valence electrons. The third-order valence-electron chi connectivity index (χ3n) is 4.59. The van der Waals surface area contributed by atoms with E-state index in [0.29, 0.717) is 30.9 Å². The van der Waals surface area contributed by atoms with Gasteiger partial charge in [0.25, 0.3) is 5.91 Å². The van der Waals surface area contributed by atoms with E-state index in [1.54, 1.807) is 11.0 Å². The van der Waals surface area contributed by atoms with Crippen LogP contribution >= 0.6 is 0 Å². The summed E-state index contributed by atoms with van der Waals surface area (Å²) in [6.07, 6.45) is 0.280. The van der Waals surface area contributed by atoms with Crippen molar-refractivity contribution in [2.24, 2.45) is 0 Å². The number of hydrogen-bond donors (Lipinski definition) is 2. The summed E-state index contributed by atoms with van der Waals surface area (Å²) in [5.41, 5.74) is 3.98. The van der Waals surface area contributed by atoms with Crippen LogP contribution in [0.15, 0.2) is 18.2 Å². The first-order chi connectivity index (χ1) is 12.6. The second-order valence-electron chi connectivity index (χ2n) is 7.93. The van der Waals surface area contributed by atoms with Gasteiger partial charge in [-0.25, -0.2) is 4.79 Å². The number of carbonyl (C=O) groups is 2. The lowest BCUT2D eigenvalue weighted by Gasteiger charge is -2.30. The van der Waals surface area contributed by atoms with Gasteiger partial charge in [0.1, 0.15) is 5.60 Å². The van der Waals surface area contributed by atoms with E-state index in [1.807, 2.05) is 46.8 Å². The summed E-state index contributed by atoms with van der Waals surface area (Å²) in [5.74, 6) is 0.239. The fourth-order valence-electron chi connectivity index (χ4n) is 2.94. The van der Waals surface area contributed by atoms with Crippen LogP contribution in [0, 0.1) is 13.8 Å². The zero-order chi connectivity index (χ0) is 19.8. The van der Waals surface area contributed by atoms with Gasteiger partial charge in [0, 0.05) is 29.8 Å². The van der Waals surface area contributed by atoms with E-state index in [-0.39, 0.29) is 12.0 Å². The van der Waals surface area contributed by atoms with Crippen LogP contribution in [-0.2, 0) is 17.7 Å². The van der Waals surface area contributed by atoms with Gasteiger partial charge in [0.05, 0.1) is 6.54 Å². The van der Waals surface area contributed by atoms with Crippen LogP contribution in [0.3, 0.4) is 0 Å². The molecule has 1 aliphatic heterocycles. The molecule has 0 fully saturated rings. The smallest absolute Gasteiger partial charge is 0.410 e. The van der Waals surface area contributed by atoms with Gasteiger partial charge in [-0.1, -0.05) is 6.07 Å². The molecule has 0 spiro atoms. The summed E-state index contributed by atoms with van der Waals surface area (Å²) in [4.78, 5) is 26.6. The van der Waals surface area contributed by atoms with Crippen molar-refractivity contribution in [3.05, 3.63) is 46.1 Å². The number of anilines is 1. The van der Waals surface area contributed by atoms with Crippen LogP contribution in [0.2, 0.25) is 0 Å². The summed E-state index contributed by atoms with van der Waals surface area (Å²) in [6, 6.07) is 5.58. The quantitative estimate of drug-likeness (QED) is 0.846. The van der Waals surface area contributed by atoms with Gasteiger partial charge in [0.15, 0.2) is 5.82 Å². The molecule has 1 aromatic heterocycles. The number of amides is 2. The van der Waals surface area contributed by atoms with Crippen LogP contribution in [0.1, 0.15) is 53.5 Å². The molecule has 1 aliphatic rings. The molecular weight excluding hydrogens is 344 g/mol. The first-order valence-corrected chi connectivity index (χ1v) is 9.06. The Morgan fingerprint density at radius 3 is 2.63 bits per heavy atom. The minimum Gasteiger partial charge on any atom is -0.444 e. The fraction of sp³-hybridized carbons (Fsp3) is 0.450. The number of hydrogen-bond acceptors (Lipinski definition) is 4. The Hall–Kier alpha value is -2.83. The predicted octanol–water partition coefficient (Wildman–Crippen LogP) is 3.57. The van der Waals surface area contributed by atoms with Crippen LogP contribution in [0.25, 0.3) is 0 Å². The highest BCUT2D eigenvalue weighted by molar-refractivity contribution is 6.04. The average molecular weight is 370 g/mol. The zero-order valence-corrected chi connectivity index (χ0v) is 16.5. The topological polar surface area (TPSA) is 87.3 Å². The number of ether oxygens (including phenoxy) is 1. The molecule has 2 N–H and O–H groups in total. The van der Waals surface area contributed by atoms with Crippen molar-refractivity contribution in [3.8, 4) is 0 Å². The summed E-state index contributed by atoms with van der Waals surface area (Å²) in [7, 11) is 0. The molecule has 0 atom stereocenters. The van der Waals surface area contributed by atoms with E-state index in [4.69, 9.17) is 4.74 Å². The number of benzene rings is 1. The molecule has 0 bridgehead atoms. The van der Waals surface area contributed by atoms with E-state index in [0.717, 1.165) is 22.4 Å². The van der Waals surface area contributed by atoms with Crippen LogP contribution in [-0.4, -0.2) is 39.2 Å². The van der Waals surface area contributed by atoms with E-state index in [9.17, 15) is 9.59 Å². The highest BCUT2D eigenvalue weighted by Gasteiger charge is 2.29. The van der Waals surface area contributed by atoms with Crippen LogP contribution < -0.4 is 5.32 Å². The average Bonchev–Trinajstić information content (AvgIpc) is 2.98. The molecular formula is C20H26N4O3. The number of nitrogens with one attached hydrogen (secondary N) is 2. The van der Waals surface area contributed by atoms with E-state index >= 15 is 0 Å². The lowest BCUT2D eigenvalue weighted by atomic mass is 10.1. The summed E-state index contributed by atoms with van der Waals surface area (Å²) in [5, 5.41) is 10.1. The largest absolute Gasteiger partial charge is 0.444 e. The van der Waals surface area contributed by atoms with Crippen molar-refractivity contribution in [3.63, 3.8) is 0 Å². The van der Waals surface area contributed by atoms with E-state index in [1.165, 1.54) is 0 Å². The SMILES string of the molecule is Cc1ccc(C(=O)Nc2n[nH]c3c2CN(C(=O)OC(C)(C)C)CC3)cc1C. The molecule has 2 amide bonds. The molecule has 0 saturated carbocycles. The maximum Gasteiger partial charge on any atom is 0.410 e. The van der Waals surface area contributed by atoms with Crippen molar-refractivity contribution in [2.75, 3.05) is 11.9 Å². The molecule has 0 saturated heterocycles.